The number of carboxylic acids is 1. The summed E-state index contributed by atoms with van der Waals surface area (Å²) in [5, 5.41) is 15.4. The van der Waals surface area contributed by atoms with Crippen molar-refractivity contribution in [2.45, 2.75) is 69.4 Å². The van der Waals surface area contributed by atoms with Crippen LogP contribution in [-0.2, 0) is 32.6 Å². The van der Waals surface area contributed by atoms with Crippen LogP contribution in [0.1, 0.15) is 55.5 Å². The zero-order valence-electron chi connectivity index (χ0n) is 20.6. The Labute approximate surface area is 214 Å². The monoisotopic (exact) mass is 518 g/mol. The second-order valence-corrected chi connectivity index (χ2v) is 9.37. The van der Waals surface area contributed by atoms with Gasteiger partial charge in [0.1, 0.15) is 17.6 Å². The Morgan fingerprint density at radius 3 is 2.78 bits per heavy atom. The quantitative estimate of drug-likeness (QED) is 0.325. The minimum absolute atomic E-state index is 0.0812. The van der Waals surface area contributed by atoms with Crippen LogP contribution in [0.5, 0.6) is 5.75 Å². The minimum atomic E-state index is -3.06. The number of aliphatic carboxylic acids is 1. The fourth-order valence-electron chi connectivity index (χ4n) is 4.51. The number of pyridine rings is 2. The van der Waals surface area contributed by atoms with E-state index in [0.717, 1.165) is 50.2 Å². The molecule has 37 heavy (non-hydrogen) atoms. The van der Waals surface area contributed by atoms with Crippen LogP contribution >= 0.6 is 0 Å². The molecule has 1 unspecified atom stereocenters. The number of ether oxygens (including phenoxy) is 2. The van der Waals surface area contributed by atoms with Crippen LogP contribution in [0.25, 0.3) is 0 Å². The van der Waals surface area contributed by atoms with Crippen molar-refractivity contribution in [3.8, 4) is 5.75 Å². The van der Waals surface area contributed by atoms with Gasteiger partial charge in [-0.1, -0.05) is 6.07 Å². The maximum absolute atomic E-state index is 13.0. The molecule has 1 aliphatic heterocycles. The number of unbranched alkanes of at least 4 members (excludes halogenated alkanes) is 1. The molecule has 1 atom stereocenters. The van der Waals surface area contributed by atoms with Crippen molar-refractivity contribution in [3.05, 3.63) is 47.4 Å². The molecule has 2 aromatic rings. The standard InChI is InChI=1S/C26H32F2N4O5/c27-25(28)37-20-7-4-13-29-21(20)26(11-12-26)24(35)32-19(23(33)34)10-16-36-15-2-1-6-18-9-8-17-5-3-14-30-22(17)31-18/h4,7-9,13,19,25H,1-3,5-6,10-12,14-16H2,(H,30,31)(H,32,35)(H,33,34). The molecule has 0 saturated heterocycles. The van der Waals surface area contributed by atoms with Crippen LogP contribution in [0.4, 0.5) is 14.6 Å². The van der Waals surface area contributed by atoms with Gasteiger partial charge in [0.15, 0.2) is 0 Å². The molecule has 0 spiro atoms. The number of aromatic nitrogens is 2. The van der Waals surface area contributed by atoms with Gasteiger partial charge < -0.3 is 25.2 Å². The molecule has 4 rings (SSSR count). The number of nitrogens with zero attached hydrogens (tertiary/aromatic N) is 2. The first-order valence-corrected chi connectivity index (χ1v) is 12.6. The van der Waals surface area contributed by atoms with Gasteiger partial charge >= 0.3 is 12.6 Å². The summed E-state index contributed by atoms with van der Waals surface area (Å²) in [4.78, 5) is 33.5. The summed E-state index contributed by atoms with van der Waals surface area (Å²) < 4.78 is 35.7. The van der Waals surface area contributed by atoms with E-state index in [2.05, 4.69) is 37.5 Å². The molecule has 3 heterocycles. The molecule has 3 N–H and O–H groups in total. The number of nitrogens with one attached hydrogen (secondary N) is 2. The molecule has 2 aromatic heterocycles. The lowest BCUT2D eigenvalue weighted by atomic mass is 9.98. The van der Waals surface area contributed by atoms with Gasteiger partial charge in [-0.3, -0.25) is 9.78 Å². The highest BCUT2D eigenvalue weighted by atomic mass is 19.3. The normalized spacial score (nSPS) is 16.4. The zero-order chi connectivity index (χ0) is 26.3. The Morgan fingerprint density at radius 2 is 2.03 bits per heavy atom. The summed E-state index contributed by atoms with van der Waals surface area (Å²) in [6.45, 7) is -1.48. The van der Waals surface area contributed by atoms with E-state index in [1.54, 1.807) is 0 Å². The van der Waals surface area contributed by atoms with Crippen LogP contribution in [0.3, 0.4) is 0 Å². The number of fused-ring (bicyclic) bond motifs is 1. The third-order valence-corrected chi connectivity index (χ3v) is 6.70. The molecule has 200 valence electrons. The van der Waals surface area contributed by atoms with Crippen LogP contribution in [-0.4, -0.2) is 59.4 Å². The van der Waals surface area contributed by atoms with Gasteiger partial charge in [-0.2, -0.15) is 8.78 Å². The van der Waals surface area contributed by atoms with Crippen molar-refractivity contribution in [2.75, 3.05) is 25.1 Å². The number of carbonyl (C=O) groups excluding carboxylic acids is 1. The van der Waals surface area contributed by atoms with E-state index in [-0.39, 0.29) is 24.5 Å². The number of rotatable bonds is 14. The number of hydrogen-bond acceptors (Lipinski definition) is 7. The predicted octanol–water partition coefficient (Wildman–Crippen LogP) is 3.47. The summed E-state index contributed by atoms with van der Waals surface area (Å²) >= 11 is 0. The number of anilines is 1. The summed E-state index contributed by atoms with van der Waals surface area (Å²) in [7, 11) is 0. The molecule has 1 aliphatic carbocycles. The second kappa shape index (κ2) is 12.3. The average Bonchev–Trinajstić information content (AvgIpc) is 3.69. The highest BCUT2D eigenvalue weighted by Crippen LogP contribution is 2.50. The molecule has 1 fully saturated rings. The number of aryl methyl sites for hydroxylation is 2. The fourth-order valence-corrected chi connectivity index (χ4v) is 4.51. The average molecular weight is 519 g/mol. The van der Waals surface area contributed by atoms with Crippen molar-refractivity contribution in [1.29, 1.82) is 0 Å². The van der Waals surface area contributed by atoms with E-state index in [4.69, 9.17) is 4.74 Å². The van der Waals surface area contributed by atoms with Gasteiger partial charge in [0.05, 0.1) is 11.1 Å². The minimum Gasteiger partial charge on any atom is -0.480 e. The van der Waals surface area contributed by atoms with Crippen molar-refractivity contribution in [3.63, 3.8) is 0 Å². The van der Waals surface area contributed by atoms with E-state index in [0.29, 0.717) is 19.4 Å². The summed E-state index contributed by atoms with van der Waals surface area (Å²) in [6.07, 6.45) is 6.91. The molecule has 11 heteroatoms. The first kappa shape index (κ1) is 26.7. The van der Waals surface area contributed by atoms with E-state index in [9.17, 15) is 23.5 Å². The number of carbonyl (C=O) groups is 2. The lowest BCUT2D eigenvalue weighted by Gasteiger charge is -2.21. The van der Waals surface area contributed by atoms with E-state index < -0.39 is 29.9 Å². The van der Waals surface area contributed by atoms with E-state index >= 15 is 0 Å². The molecular weight excluding hydrogens is 486 g/mol. The number of alkyl halides is 2. The van der Waals surface area contributed by atoms with Crippen LogP contribution in [0.15, 0.2) is 30.5 Å². The van der Waals surface area contributed by atoms with Gasteiger partial charge in [0, 0.05) is 38.1 Å². The fraction of sp³-hybridized carbons (Fsp3) is 0.538. The summed E-state index contributed by atoms with van der Waals surface area (Å²) in [6, 6.07) is 5.79. The second-order valence-electron chi connectivity index (χ2n) is 9.37. The Morgan fingerprint density at radius 1 is 1.19 bits per heavy atom. The van der Waals surface area contributed by atoms with Gasteiger partial charge in [-0.05, 0) is 68.7 Å². The van der Waals surface area contributed by atoms with E-state index in [1.807, 2.05) is 0 Å². The van der Waals surface area contributed by atoms with Gasteiger partial charge in [-0.25, -0.2) is 9.78 Å². The van der Waals surface area contributed by atoms with Crippen LogP contribution in [0, 0.1) is 0 Å². The molecule has 1 saturated carbocycles. The number of carboxylic acid groups (broad SMARTS) is 1. The highest BCUT2D eigenvalue weighted by molar-refractivity contribution is 5.94. The third kappa shape index (κ3) is 6.91. The first-order valence-electron chi connectivity index (χ1n) is 12.6. The van der Waals surface area contributed by atoms with Crippen molar-refractivity contribution in [1.82, 2.24) is 15.3 Å². The Bertz CT molecular complexity index is 1100. The lowest BCUT2D eigenvalue weighted by Crippen LogP contribution is -2.46. The molecule has 9 nitrogen and oxygen atoms in total. The Balaban J connectivity index is 1.20. The SMILES string of the molecule is O=C(O)C(CCOCCCCc1ccc2c(n1)NCCC2)NC(=O)C1(c2ncccc2OC(F)F)CC1. The number of amides is 1. The zero-order valence-corrected chi connectivity index (χ0v) is 20.6. The number of hydrogen-bond donors (Lipinski definition) is 3. The molecule has 0 bridgehead atoms. The molecule has 0 aromatic carbocycles. The van der Waals surface area contributed by atoms with Crippen LogP contribution in [0.2, 0.25) is 0 Å². The highest BCUT2D eigenvalue weighted by Gasteiger charge is 2.55. The smallest absolute Gasteiger partial charge is 0.387 e. The van der Waals surface area contributed by atoms with Crippen molar-refractivity contribution in [2.24, 2.45) is 0 Å². The molecule has 2 aliphatic rings. The summed E-state index contributed by atoms with van der Waals surface area (Å²) in [5.41, 5.74) is 1.22. The van der Waals surface area contributed by atoms with E-state index in [1.165, 1.54) is 23.9 Å². The topological polar surface area (TPSA) is 123 Å². The van der Waals surface area contributed by atoms with Gasteiger partial charge in [0.25, 0.3) is 0 Å². The largest absolute Gasteiger partial charge is 0.480 e. The van der Waals surface area contributed by atoms with Crippen molar-refractivity contribution < 1.29 is 33.0 Å². The Hall–Kier alpha value is -3.34. The van der Waals surface area contributed by atoms with Crippen LogP contribution < -0.4 is 15.4 Å². The maximum atomic E-state index is 13.0. The van der Waals surface area contributed by atoms with Gasteiger partial charge in [-0.15, -0.1) is 0 Å². The van der Waals surface area contributed by atoms with Gasteiger partial charge in [0.2, 0.25) is 5.91 Å². The Kier molecular flexibility index (Phi) is 8.86. The lowest BCUT2D eigenvalue weighted by molar-refractivity contribution is -0.142. The first-order chi connectivity index (χ1) is 17.9. The van der Waals surface area contributed by atoms with Crippen molar-refractivity contribution >= 4 is 17.7 Å². The number of halogens is 2. The summed E-state index contributed by atoms with van der Waals surface area (Å²) in [5.74, 6) is -0.951. The third-order valence-electron chi connectivity index (χ3n) is 6.70. The maximum Gasteiger partial charge on any atom is 0.387 e. The molecule has 0 radical (unpaired) electrons. The molecular formula is C26H32F2N4O5. The predicted molar refractivity (Wildman–Crippen MR) is 131 cm³/mol. The molecule has 1 amide bonds.